The molecule has 61 heavy (non-hydrogen) atoms. The summed E-state index contributed by atoms with van der Waals surface area (Å²) in [4.78, 5) is 8.90. The molecule has 3 heteroatoms. The van der Waals surface area contributed by atoms with Gasteiger partial charge in [-0.3, -0.25) is 9.97 Å². The van der Waals surface area contributed by atoms with Gasteiger partial charge >= 0.3 is 0 Å². The molecule has 12 aromatic rings. The van der Waals surface area contributed by atoms with Gasteiger partial charge in [-0.25, -0.2) is 0 Å². The summed E-state index contributed by atoms with van der Waals surface area (Å²) >= 11 is 0. The van der Waals surface area contributed by atoms with Crippen LogP contribution in [0.25, 0.3) is 127 Å². The van der Waals surface area contributed by atoms with E-state index < -0.39 is 0 Å². The van der Waals surface area contributed by atoms with Gasteiger partial charge in [0.25, 0.3) is 0 Å². The second-order valence-corrected chi connectivity index (χ2v) is 16.1. The lowest BCUT2D eigenvalue weighted by Crippen LogP contribution is -1.95. The summed E-state index contributed by atoms with van der Waals surface area (Å²) in [5, 5.41) is 9.86. The van der Waals surface area contributed by atoms with Gasteiger partial charge < -0.3 is 4.57 Å². The van der Waals surface area contributed by atoms with Crippen LogP contribution >= 0.6 is 0 Å². The normalized spacial score (nSPS) is 11.9. The summed E-state index contributed by atoms with van der Waals surface area (Å²) in [6.07, 6.45) is 7.60. The lowest BCUT2D eigenvalue weighted by Gasteiger charge is -2.20. The van der Waals surface area contributed by atoms with Gasteiger partial charge in [0.15, 0.2) is 0 Å². The van der Waals surface area contributed by atoms with Gasteiger partial charge in [-0.15, -0.1) is 0 Å². The summed E-state index contributed by atoms with van der Waals surface area (Å²) in [5.74, 6) is 0. The van der Waals surface area contributed by atoms with Crippen molar-refractivity contribution in [3.8, 4) is 72.4 Å². The topological polar surface area (TPSA) is 30.7 Å². The monoisotopic (exact) mass is 773 g/mol. The molecule has 9 aromatic carbocycles. The number of pyridine rings is 2. The van der Waals surface area contributed by atoms with Gasteiger partial charge in [-0.05, 0) is 119 Å². The molecule has 0 radical (unpaired) electrons. The van der Waals surface area contributed by atoms with Crippen molar-refractivity contribution in [3.05, 3.63) is 213 Å². The van der Waals surface area contributed by atoms with E-state index in [0.29, 0.717) is 0 Å². The number of benzene rings is 9. The highest BCUT2D eigenvalue weighted by atomic mass is 15.0. The van der Waals surface area contributed by atoms with Gasteiger partial charge in [0.1, 0.15) is 0 Å². The second-order valence-electron chi connectivity index (χ2n) is 16.1. The van der Waals surface area contributed by atoms with Crippen LogP contribution in [0.5, 0.6) is 0 Å². The molecule has 3 nitrogen and oxygen atoms in total. The Balaban J connectivity index is 0.974. The standard InChI is InChI=1S/C58H35N3/c1-3-11-38(12-4-1)53-46-16-7-8-17-47(46)54(39-13-5-2-6-14-39)57-50-28-27-43(45-18-9-19-49(55(45)50)56(53)57)37-22-20-36(21-23-37)40-25-29-52-51(33-40)48-26-24-41-34-60-32-30-44(41)58(48)61(52)42-15-10-31-59-35-42/h1-35H. The maximum atomic E-state index is 4.49. The number of hydrogen-bond acceptors (Lipinski definition) is 2. The molecule has 0 saturated carbocycles. The Morgan fingerprint density at radius 2 is 0.967 bits per heavy atom. The van der Waals surface area contributed by atoms with Crippen molar-refractivity contribution in [2.75, 3.05) is 0 Å². The average Bonchev–Trinajstić information content (AvgIpc) is 3.85. The minimum atomic E-state index is 1.04. The largest absolute Gasteiger partial charge is 0.307 e. The third-order valence-corrected chi connectivity index (χ3v) is 12.9. The molecular formula is C58H35N3. The summed E-state index contributed by atoms with van der Waals surface area (Å²) in [6, 6.07) is 69.2. The highest BCUT2D eigenvalue weighted by molar-refractivity contribution is 6.29. The molecule has 3 heterocycles. The lowest BCUT2D eigenvalue weighted by molar-refractivity contribution is 1.14. The van der Waals surface area contributed by atoms with Gasteiger partial charge in [-0.1, -0.05) is 158 Å². The van der Waals surface area contributed by atoms with E-state index in [4.69, 9.17) is 0 Å². The first-order valence-electron chi connectivity index (χ1n) is 20.9. The minimum Gasteiger partial charge on any atom is -0.307 e. The molecule has 0 N–H and O–H groups in total. The molecule has 0 saturated heterocycles. The van der Waals surface area contributed by atoms with Crippen LogP contribution in [-0.4, -0.2) is 14.5 Å². The fourth-order valence-electron chi connectivity index (χ4n) is 10.3. The van der Waals surface area contributed by atoms with Crippen LogP contribution in [0.15, 0.2) is 213 Å². The molecule has 0 fully saturated rings. The SMILES string of the molecule is c1ccc(-c2c3c(c(-c4ccccc4)c4ccccc24)-c2ccc(-c4ccc(-c5ccc6c(c5)c5ccc7cnccc7c5n6-c5cccnc5)cc4)c4cccc-3c24)cc1. The molecular weight excluding hydrogens is 739 g/mol. The maximum absolute atomic E-state index is 4.49. The van der Waals surface area contributed by atoms with E-state index in [1.54, 1.807) is 0 Å². The van der Waals surface area contributed by atoms with E-state index in [2.05, 4.69) is 197 Å². The number of hydrogen-bond donors (Lipinski definition) is 0. The molecule has 282 valence electrons. The highest BCUT2D eigenvalue weighted by Crippen LogP contribution is 2.58. The van der Waals surface area contributed by atoms with Crippen LogP contribution in [0.4, 0.5) is 0 Å². The fourth-order valence-corrected chi connectivity index (χ4v) is 10.3. The second kappa shape index (κ2) is 13.2. The van der Waals surface area contributed by atoms with E-state index in [-0.39, 0.29) is 0 Å². The van der Waals surface area contributed by atoms with Gasteiger partial charge in [0.05, 0.1) is 22.9 Å². The van der Waals surface area contributed by atoms with Crippen molar-refractivity contribution in [3.63, 3.8) is 0 Å². The molecule has 0 amide bonds. The van der Waals surface area contributed by atoms with Crippen LogP contribution < -0.4 is 0 Å². The van der Waals surface area contributed by atoms with E-state index in [1.807, 2.05) is 30.9 Å². The number of nitrogens with zero attached hydrogens (tertiary/aromatic N) is 3. The van der Waals surface area contributed by atoms with Crippen LogP contribution in [0.2, 0.25) is 0 Å². The first-order valence-corrected chi connectivity index (χ1v) is 20.9. The highest BCUT2D eigenvalue weighted by Gasteiger charge is 2.31. The summed E-state index contributed by atoms with van der Waals surface area (Å²) in [7, 11) is 0. The Hall–Kier alpha value is -8.14. The Labute approximate surface area is 352 Å². The summed E-state index contributed by atoms with van der Waals surface area (Å²) < 4.78 is 2.34. The maximum Gasteiger partial charge on any atom is 0.0645 e. The van der Waals surface area contributed by atoms with Crippen molar-refractivity contribution in [2.45, 2.75) is 0 Å². The molecule has 0 aliphatic heterocycles. The van der Waals surface area contributed by atoms with Gasteiger partial charge in [-0.2, -0.15) is 0 Å². The zero-order valence-electron chi connectivity index (χ0n) is 33.0. The molecule has 0 spiro atoms. The fraction of sp³-hybridized carbons (Fsp3) is 0. The summed E-state index contributed by atoms with van der Waals surface area (Å²) in [6.45, 7) is 0. The Morgan fingerprint density at radius 1 is 0.328 bits per heavy atom. The quantitative estimate of drug-likeness (QED) is 0.174. The van der Waals surface area contributed by atoms with Crippen molar-refractivity contribution < 1.29 is 0 Å². The molecule has 1 aliphatic carbocycles. The van der Waals surface area contributed by atoms with Crippen LogP contribution in [-0.2, 0) is 0 Å². The van der Waals surface area contributed by atoms with Crippen molar-refractivity contribution in [1.82, 2.24) is 14.5 Å². The van der Waals surface area contributed by atoms with Gasteiger partial charge in [0, 0.05) is 40.1 Å². The van der Waals surface area contributed by atoms with E-state index in [9.17, 15) is 0 Å². The number of aromatic nitrogens is 3. The van der Waals surface area contributed by atoms with Crippen LogP contribution in [0.3, 0.4) is 0 Å². The molecule has 13 rings (SSSR count). The van der Waals surface area contributed by atoms with E-state index >= 15 is 0 Å². The van der Waals surface area contributed by atoms with Crippen molar-refractivity contribution >= 4 is 54.1 Å². The van der Waals surface area contributed by atoms with Crippen LogP contribution in [0.1, 0.15) is 0 Å². The predicted octanol–water partition coefficient (Wildman–Crippen LogP) is 15.3. The van der Waals surface area contributed by atoms with Crippen molar-refractivity contribution in [2.24, 2.45) is 0 Å². The molecule has 0 atom stereocenters. The summed E-state index contributed by atoms with van der Waals surface area (Å²) in [5.41, 5.74) is 18.5. The first kappa shape index (κ1) is 33.8. The molecule has 0 unspecified atom stereocenters. The zero-order valence-corrected chi connectivity index (χ0v) is 33.0. The number of fused-ring (bicyclic) bond motifs is 9. The number of rotatable bonds is 5. The Bertz CT molecular complexity index is 3630. The lowest BCUT2D eigenvalue weighted by atomic mass is 9.82. The average molecular weight is 774 g/mol. The molecule has 1 aliphatic rings. The minimum absolute atomic E-state index is 1.04. The Kier molecular flexibility index (Phi) is 7.31. The Morgan fingerprint density at radius 3 is 1.69 bits per heavy atom. The van der Waals surface area contributed by atoms with Crippen molar-refractivity contribution in [1.29, 1.82) is 0 Å². The third kappa shape index (κ3) is 4.98. The van der Waals surface area contributed by atoms with Gasteiger partial charge in [0.2, 0.25) is 0 Å². The molecule has 0 bridgehead atoms. The van der Waals surface area contributed by atoms with Crippen LogP contribution in [0, 0.1) is 0 Å². The third-order valence-electron chi connectivity index (χ3n) is 12.9. The first-order chi connectivity index (χ1) is 30.3. The predicted molar refractivity (Wildman–Crippen MR) is 255 cm³/mol. The zero-order chi connectivity index (χ0) is 40.0. The van der Waals surface area contributed by atoms with E-state index in [1.165, 1.54) is 110 Å². The smallest absolute Gasteiger partial charge is 0.0645 e. The molecule has 3 aromatic heterocycles. The van der Waals surface area contributed by atoms with E-state index in [0.717, 1.165) is 16.6 Å².